The number of hydrogen-bond donors (Lipinski definition) is 3. The second-order valence-electron chi connectivity index (χ2n) is 7.58. The summed E-state index contributed by atoms with van der Waals surface area (Å²) in [6, 6.07) is 15.5. The summed E-state index contributed by atoms with van der Waals surface area (Å²) in [6.45, 7) is 3.28. The number of aliphatic carboxylic acids is 1. The third-order valence-electron chi connectivity index (χ3n) is 4.52. The van der Waals surface area contributed by atoms with Gasteiger partial charge in [0.2, 0.25) is 0 Å². The summed E-state index contributed by atoms with van der Waals surface area (Å²) in [5.74, 6) is -1.07. The second kappa shape index (κ2) is 10.3. The van der Waals surface area contributed by atoms with Crippen LogP contribution < -0.4 is 10.2 Å². The number of nitrogens with zero attached hydrogens (tertiary/aromatic N) is 1. The van der Waals surface area contributed by atoms with Crippen molar-refractivity contribution in [1.29, 1.82) is 5.41 Å². The lowest BCUT2D eigenvalue weighted by Gasteiger charge is -2.20. The molecule has 6 nitrogen and oxygen atoms in total. The molecule has 0 unspecified atom stereocenters. The first-order valence-corrected chi connectivity index (χ1v) is 9.89. The van der Waals surface area contributed by atoms with Crippen molar-refractivity contribution in [3.63, 3.8) is 0 Å². The quantitative estimate of drug-likeness (QED) is 0.486. The number of benzene rings is 2. The lowest BCUT2D eigenvalue weighted by molar-refractivity contribution is -0.159. The highest BCUT2D eigenvalue weighted by atomic mass is 35.5. The van der Waals surface area contributed by atoms with Gasteiger partial charge in [-0.1, -0.05) is 41.9 Å². The van der Waals surface area contributed by atoms with Crippen LogP contribution in [0.3, 0.4) is 0 Å². The third-order valence-corrected chi connectivity index (χ3v) is 4.89. The van der Waals surface area contributed by atoms with Crippen molar-refractivity contribution in [3.05, 3.63) is 70.8 Å². The molecule has 0 amide bonds. The van der Waals surface area contributed by atoms with Crippen molar-refractivity contribution >= 4 is 34.7 Å². The minimum absolute atomic E-state index is 0.121. The van der Waals surface area contributed by atoms with E-state index in [1.165, 1.54) is 13.8 Å². The lowest BCUT2D eigenvalue weighted by Crippen LogP contribution is -2.36. The molecule has 0 aromatic heterocycles. The molecular weight excluding hydrogens is 402 g/mol. The first kappa shape index (κ1) is 23.4. The summed E-state index contributed by atoms with van der Waals surface area (Å²) in [5, 5.41) is 21.5. The van der Waals surface area contributed by atoms with Crippen LogP contribution in [-0.4, -0.2) is 43.1 Å². The number of halogens is 1. The first-order valence-electron chi connectivity index (χ1n) is 9.51. The molecule has 0 spiro atoms. The van der Waals surface area contributed by atoms with Gasteiger partial charge in [-0.05, 0) is 49.2 Å². The smallest absolute Gasteiger partial charge is 0.335 e. The Morgan fingerprint density at radius 3 is 2.57 bits per heavy atom. The number of carboxylic acid groups (broad SMARTS) is 1. The van der Waals surface area contributed by atoms with Gasteiger partial charge in [0, 0.05) is 37.0 Å². The average Bonchev–Trinajstić information content (AvgIpc) is 2.70. The van der Waals surface area contributed by atoms with E-state index in [0.29, 0.717) is 11.6 Å². The Labute approximate surface area is 182 Å². The predicted molar refractivity (Wildman–Crippen MR) is 122 cm³/mol. The number of rotatable bonds is 10. The van der Waals surface area contributed by atoms with E-state index in [2.05, 4.69) is 5.32 Å². The Hall–Kier alpha value is -2.83. The lowest BCUT2D eigenvalue weighted by atomic mass is 10.1. The summed E-state index contributed by atoms with van der Waals surface area (Å²) >= 11 is 6.27. The van der Waals surface area contributed by atoms with Gasteiger partial charge >= 0.3 is 5.97 Å². The second-order valence-corrected chi connectivity index (χ2v) is 7.98. The SMILES string of the molecule is CN(C)c1cccc(/C(=C/C(=N)COC(C)(C)C(=O)O)NCc2ccccc2Cl)c1. The summed E-state index contributed by atoms with van der Waals surface area (Å²) in [6.07, 6.45) is 1.66. The molecule has 2 aromatic rings. The van der Waals surface area contributed by atoms with E-state index in [-0.39, 0.29) is 12.3 Å². The van der Waals surface area contributed by atoms with Crippen LogP contribution in [0.15, 0.2) is 54.6 Å². The molecule has 0 aliphatic rings. The van der Waals surface area contributed by atoms with Crippen molar-refractivity contribution < 1.29 is 14.6 Å². The van der Waals surface area contributed by atoms with Gasteiger partial charge in [-0.25, -0.2) is 4.79 Å². The van der Waals surface area contributed by atoms with Crippen LogP contribution in [0.4, 0.5) is 5.69 Å². The molecule has 0 aliphatic carbocycles. The predicted octanol–water partition coefficient (Wildman–Crippen LogP) is 4.44. The topological polar surface area (TPSA) is 85.7 Å². The van der Waals surface area contributed by atoms with Crippen molar-refractivity contribution in [2.24, 2.45) is 0 Å². The number of anilines is 1. The molecule has 160 valence electrons. The van der Waals surface area contributed by atoms with E-state index in [0.717, 1.165) is 22.5 Å². The Bertz CT molecular complexity index is 939. The molecule has 0 radical (unpaired) electrons. The maximum Gasteiger partial charge on any atom is 0.335 e. The molecule has 0 fully saturated rings. The summed E-state index contributed by atoms with van der Waals surface area (Å²) in [5.41, 5.74) is 2.37. The molecule has 0 atom stereocenters. The summed E-state index contributed by atoms with van der Waals surface area (Å²) < 4.78 is 5.41. The van der Waals surface area contributed by atoms with Crippen LogP contribution in [0.25, 0.3) is 5.70 Å². The minimum Gasteiger partial charge on any atom is -0.479 e. The molecule has 3 N–H and O–H groups in total. The van der Waals surface area contributed by atoms with Gasteiger partial charge in [-0.2, -0.15) is 0 Å². The van der Waals surface area contributed by atoms with Crippen LogP contribution in [0.1, 0.15) is 25.0 Å². The van der Waals surface area contributed by atoms with E-state index in [9.17, 15) is 9.90 Å². The van der Waals surface area contributed by atoms with Crippen LogP contribution in [-0.2, 0) is 16.1 Å². The Morgan fingerprint density at radius 2 is 1.93 bits per heavy atom. The fourth-order valence-corrected chi connectivity index (χ4v) is 2.76. The van der Waals surface area contributed by atoms with Crippen molar-refractivity contribution in [1.82, 2.24) is 5.32 Å². The van der Waals surface area contributed by atoms with Gasteiger partial charge in [0.25, 0.3) is 0 Å². The summed E-state index contributed by atoms with van der Waals surface area (Å²) in [7, 11) is 3.92. The van der Waals surface area contributed by atoms with Crippen LogP contribution in [0.5, 0.6) is 0 Å². The molecular formula is C23H28ClN3O3. The Morgan fingerprint density at radius 1 is 1.23 bits per heavy atom. The zero-order chi connectivity index (χ0) is 22.3. The molecule has 30 heavy (non-hydrogen) atoms. The molecule has 0 bridgehead atoms. The van der Waals surface area contributed by atoms with Crippen LogP contribution in [0.2, 0.25) is 5.02 Å². The normalized spacial score (nSPS) is 11.8. The molecule has 0 saturated heterocycles. The van der Waals surface area contributed by atoms with Crippen LogP contribution in [0, 0.1) is 5.41 Å². The zero-order valence-corrected chi connectivity index (χ0v) is 18.5. The zero-order valence-electron chi connectivity index (χ0n) is 17.7. The monoisotopic (exact) mass is 429 g/mol. The van der Waals surface area contributed by atoms with E-state index < -0.39 is 11.6 Å². The van der Waals surface area contributed by atoms with Gasteiger partial charge in [-0.15, -0.1) is 0 Å². The number of carbonyl (C=O) groups is 1. The van der Waals surface area contributed by atoms with E-state index in [1.807, 2.05) is 67.5 Å². The van der Waals surface area contributed by atoms with Crippen LogP contribution >= 0.6 is 11.6 Å². The maximum absolute atomic E-state index is 11.2. The van der Waals surface area contributed by atoms with Crippen molar-refractivity contribution in [2.75, 3.05) is 25.6 Å². The standard InChI is InChI=1S/C23H28ClN3O3/c1-23(2,22(28)29)30-15-18(25)13-21(16-9-7-10-19(12-16)27(3)4)26-14-17-8-5-6-11-20(17)24/h5-13,25-26H,14-15H2,1-4H3,(H,28,29)/b21-13-,25-18?. The highest BCUT2D eigenvalue weighted by molar-refractivity contribution is 6.31. The van der Waals surface area contributed by atoms with Gasteiger partial charge < -0.3 is 25.5 Å². The minimum atomic E-state index is -1.36. The maximum atomic E-state index is 11.2. The Kier molecular flexibility index (Phi) is 8.03. The molecule has 0 heterocycles. The average molecular weight is 430 g/mol. The highest BCUT2D eigenvalue weighted by Gasteiger charge is 2.28. The number of nitrogens with one attached hydrogen (secondary N) is 2. The number of ether oxygens (including phenoxy) is 1. The van der Waals surface area contributed by atoms with E-state index in [1.54, 1.807) is 6.08 Å². The summed E-state index contributed by atoms with van der Waals surface area (Å²) in [4.78, 5) is 13.2. The van der Waals surface area contributed by atoms with Crippen molar-refractivity contribution in [3.8, 4) is 0 Å². The van der Waals surface area contributed by atoms with Gasteiger partial charge in [-0.3, -0.25) is 0 Å². The van der Waals surface area contributed by atoms with Gasteiger partial charge in [0.15, 0.2) is 5.60 Å². The van der Waals surface area contributed by atoms with E-state index in [4.69, 9.17) is 21.7 Å². The number of carboxylic acids is 1. The van der Waals surface area contributed by atoms with Gasteiger partial charge in [0.1, 0.15) is 0 Å². The molecule has 7 heteroatoms. The van der Waals surface area contributed by atoms with Crippen molar-refractivity contribution in [2.45, 2.75) is 26.0 Å². The Balaban J connectivity index is 2.27. The highest BCUT2D eigenvalue weighted by Crippen LogP contribution is 2.21. The molecule has 2 aromatic carbocycles. The molecule has 0 aliphatic heterocycles. The number of hydrogen-bond acceptors (Lipinski definition) is 5. The van der Waals surface area contributed by atoms with E-state index >= 15 is 0 Å². The third kappa shape index (κ3) is 6.61. The first-order chi connectivity index (χ1) is 14.1. The largest absolute Gasteiger partial charge is 0.479 e. The fourth-order valence-electron chi connectivity index (χ4n) is 2.56. The van der Waals surface area contributed by atoms with Gasteiger partial charge in [0.05, 0.1) is 12.3 Å². The fraction of sp³-hybridized carbons (Fsp3) is 0.304. The molecule has 2 rings (SSSR count). The molecule has 0 saturated carbocycles.